The predicted molar refractivity (Wildman–Crippen MR) is 57.4 cm³/mol. The van der Waals surface area contributed by atoms with Gasteiger partial charge in [-0.1, -0.05) is 12.7 Å². The Morgan fingerprint density at radius 2 is 2.13 bits per heavy atom. The van der Waals surface area contributed by atoms with E-state index in [1.807, 2.05) is 0 Å². The van der Waals surface area contributed by atoms with Gasteiger partial charge in [-0.15, -0.1) is 6.58 Å². The molecule has 0 bridgehead atoms. The van der Waals surface area contributed by atoms with Gasteiger partial charge in [0.25, 0.3) is 0 Å². The summed E-state index contributed by atoms with van der Waals surface area (Å²) < 4.78 is 9.86. The van der Waals surface area contributed by atoms with E-state index in [0.717, 1.165) is 0 Å². The van der Waals surface area contributed by atoms with Gasteiger partial charge < -0.3 is 14.6 Å². The van der Waals surface area contributed by atoms with Crippen molar-refractivity contribution in [2.75, 3.05) is 19.8 Å². The second-order valence-electron chi connectivity index (χ2n) is 3.66. The van der Waals surface area contributed by atoms with Gasteiger partial charge in [-0.2, -0.15) is 0 Å². The van der Waals surface area contributed by atoms with Crippen LogP contribution in [0.2, 0.25) is 0 Å². The fraction of sp³-hybridized carbons (Fsp3) is 0.545. The molecule has 0 amide bonds. The Bertz CT molecular complexity index is 243. The van der Waals surface area contributed by atoms with E-state index in [4.69, 9.17) is 9.47 Å². The van der Waals surface area contributed by atoms with E-state index in [-0.39, 0.29) is 13.2 Å². The molecule has 4 nitrogen and oxygen atoms in total. The molecule has 0 saturated heterocycles. The van der Waals surface area contributed by atoms with Crippen LogP contribution in [0.3, 0.4) is 0 Å². The summed E-state index contributed by atoms with van der Waals surface area (Å²) in [6, 6.07) is 0. The molecule has 0 aliphatic rings. The quantitative estimate of drug-likeness (QED) is 0.298. The van der Waals surface area contributed by atoms with Gasteiger partial charge in [-0.05, 0) is 13.8 Å². The molecule has 0 saturated carbocycles. The zero-order chi connectivity index (χ0) is 11.9. The molecule has 86 valence electrons. The number of hydrogen-bond donors (Lipinski definition) is 1. The molecule has 1 atom stereocenters. The first-order chi connectivity index (χ1) is 6.89. The van der Waals surface area contributed by atoms with Crippen LogP contribution in [0.1, 0.15) is 13.8 Å². The highest BCUT2D eigenvalue weighted by Gasteiger charge is 2.23. The van der Waals surface area contributed by atoms with Crippen molar-refractivity contribution in [1.29, 1.82) is 0 Å². The summed E-state index contributed by atoms with van der Waals surface area (Å²) in [6.45, 7) is 10.3. The van der Waals surface area contributed by atoms with Gasteiger partial charge in [0.2, 0.25) is 0 Å². The van der Waals surface area contributed by atoms with Gasteiger partial charge in [-0.25, -0.2) is 4.79 Å². The van der Waals surface area contributed by atoms with Crippen LogP contribution in [0.4, 0.5) is 0 Å². The summed E-state index contributed by atoms with van der Waals surface area (Å²) in [6.07, 6.45) is 1.58. The van der Waals surface area contributed by atoms with Crippen molar-refractivity contribution < 1.29 is 19.4 Å². The number of esters is 1. The maximum atomic E-state index is 11.0. The average molecular weight is 214 g/mol. The highest BCUT2D eigenvalue weighted by atomic mass is 16.6. The molecule has 0 aliphatic heterocycles. The molecule has 4 heteroatoms. The van der Waals surface area contributed by atoms with Crippen LogP contribution in [-0.4, -0.2) is 36.5 Å². The third-order valence-corrected chi connectivity index (χ3v) is 1.51. The van der Waals surface area contributed by atoms with E-state index in [1.165, 1.54) is 6.92 Å². The fourth-order valence-corrected chi connectivity index (χ4v) is 0.748. The van der Waals surface area contributed by atoms with Crippen molar-refractivity contribution in [2.24, 2.45) is 0 Å². The van der Waals surface area contributed by atoms with Gasteiger partial charge in [0, 0.05) is 5.57 Å². The highest BCUT2D eigenvalue weighted by molar-refractivity contribution is 5.86. The van der Waals surface area contributed by atoms with Crippen LogP contribution in [0.5, 0.6) is 0 Å². The Hall–Kier alpha value is -1.13. The van der Waals surface area contributed by atoms with E-state index in [1.54, 1.807) is 13.0 Å². The molecule has 0 aliphatic carbocycles. The summed E-state index contributed by atoms with van der Waals surface area (Å²) >= 11 is 0. The van der Waals surface area contributed by atoms with Crippen molar-refractivity contribution in [3.63, 3.8) is 0 Å². The predicted octanol–water partition coefficient (Wildman–Crippen LogP) is 1.06. The zero-order valence-electron chi connectivity index (χ0n) is 9.28. The first kappa shape index (κ1) is 13.9. The van der Waals surface area contributed by atoms with E-state index < -0.39 is 11.6 Å². The lowest BCUT2D eigenvalue weighted by Gasteiger charge is -2.22. The smallest absolute Gasteiger partial charge is 0.333 e. The maximum absolute atomic E-state index is 11.0. The lowest BCUT2D eigenvalue weighted by atomic mass is 10.1. The first-order valence-corrected chi connectivity index (χ1v) is 4.63. The molecule has 1 unspecified atom stereocenters. The molecule has 1 N–H and O–H groups in total. The Morgan fingerprint density at radius 3 is 2.60 bits per heavy atom. The van der Waals surface area contributed by atoms with Crippen LogP contribution in [0.15, 0.2) is 24.8 Å². The topological polar surface area (TPSA) is 55.8 Å². The van der Waals surface area contributed by atoms with Crippen LogP contribution in [0, 0.1) is 0 Å². The summed E-state index contributed by atoms with van der Waals surface area (Å²) in [5.74, 6) is -0.515. The average Bonchev–Trinajstić information content (AvgIpc) is 2.14. The van der Waals surface area contributed by atoms with E-state index in [0.29, 0.717) is 12.2 Å². The SMILES string of the molecule is C=CCOCC(C)(O)COC(=O)C(=C)C. The lowest BCUT2D eigenvalue weighted by Crippen LogP contribution is -2.37. The fourth-order valence-electron chi connectivity index (χ4n) is 0.748. The second-order valence-corrected chi connectivity index (χ2v) is 3.66. The summed E-state index contributed by atoms with van der Waals surface area (Å²) in [4.78, 5) is 11.0. The third-order valence-electron chi connectivity index (χ3n) is 1.51. The number of carbonyl (C=O) groups excluding carboxylic acids is 1. The van der Waals surface area contributed by atoms with Crippen molar-refractivity contribution >= 4 is 5.97 Å². The van der Waals surface area contributed by atoms with Crippen molar-refractivity contribution in [2.45, 2.75) is 19.4 Å². The van der Waals surface area contributed by atoms with Crippen molar-refractivity contribution in [3.8, 4) is 0 Å². The number of aliphatic hydroxyl groups is 1. The van der Waals surface area contributed by atoms with E-state index in [2.05, 4.69) is 13.2 Å². The molecule has 15 heavy (non-hydrogen) atoms. The molecule has 0 aromatic heterocycles. The van der Waals surface area contributed by atoms with Crippen LogP contribution in [-0.2, 0) is 14.3 Å². The Kier molecular flexibility index (Phi) is 5.89. The van der Waals surface area contributed by atoms with Crippen LogP contribution < -0.4 is 0 Å². The Labute approximate surface area is 90.2 Å². The molecular formula is C11H18O4. The molecule has 0 heterocycles. The lowest BCUT2D eigenvalue weighted by molar-refractivity contribution is -0.149. The zero-order valence-corrected chi connectivity index (χ0v) is 9.28. The van der Waals surface area contributed by atoms with Crippen molar-refractivity contribution in [1.82, 2.24) is 0 Å². The minimum absolute atomic E-state index is 0.0858. The largest absolute Gasteiger partial charge is 0.459 e. The highest BCUT2D eigenvalue weighted by Crippen LogP contribution is 2.06. The second kappa shape index (κ2) is 6.37. The normalized spacial score (nSPS) is 14.1. The van der Waals surface area contributed by atoms with Crippen LogP contribution in [0.25, 0.3) is 0 Å². The number of ether oxygens (including phenoxy) is 2. The van der Waals surface area contributed by atoms with Crippen molar-refractivity contribution in [3.05, 3.63) is 24.8 Å². The number of rotatable bonds is 7. The monoisotopic (exact) mass is 214 g/mol. The molecular weight excluding hydrogens is 196 g/mol. The standard InChI is InChI=1S/C11H18O4/c1-5-6-14-7-11(4,13)8-15-10(12)9(2)3/h5,13H,1-2,6-8H2,3-4H3. The molecule has 0 rings (SSSR count). The van der Waals surface area contributed by atoms with Gasteiger partial charge in [0.05, 0.1) is 13.2 Å². The Morgan fingerprint density at radius 1 is 1.53 bits per heavy atom. The first-order valence-electron chi connectivity index (χ1n) is 4.63. The third kappa shape index (κ3) is 6.88. The van der Waals surface area contributed by atoms with Gasteiger partial charge in [0.1, 0.15) is 12.2 Å². The molecule has 0 aromatic rings. The van der Waals surface area contributed by atoms with Gasteiger partial charge in [0.15, 0.2) is 0 Å². The van der Waals surface area contributed by atoms with E-state index >= 15 is 0 Å². The molecule has 0 fully saturated rings. The molecule has 0 radical (unpaired) electrons. The summed E-state index contributed by atoms with van der Waals surface area (Å²) in [5.41, 5.74) is -0.883. The summed E-state index contributed by atoms with van der Waals surface area (Å²) in [5, 5.41) is 9.71. The number of carbonyl (C=O) groups is 1. The van der Waals surface area contributed by atoms with Crippen LogP contribution >= 0.6 is 0 Å². The Balaban J connectivity index is 3.87. The maximum Gasteiger partial charge on any atom is 0.333 e. The molecule has 0 aromatic carbocycles. The minimum Gasteiger partial charge on any atom is -0.459 e. The van der Waals surface area contributed by atoms with Gasteiger partial charge >= 0.3 is 5.97 Å². The van der Waals surface area contributed by atoms with Gasteiger partial charge in [-0.3, -0.25) is 0 Å². The molecule has 0 spiro atoms. The number of hydrogen-bond acceptors (Lipinski definition) is 4. The summed E-state index contributed by atoms with van der Waals surface area (Å²) in [7, 11) is 0. The van der Waals surface area contributed by atoms with E-state index in [9.17, 15) is 9.90 Å². The minimum atomic E-state index is -1.19.